The number of amides is 1. The normalized spacial score (nSPS) is 10.9. The third-order valence-electron chi connectivity index (χ3n) is 2.72. The first-order valence-corrected chi connectivity index (χ1v) is 6.13. The monoisotopic (exact) mass is 272 g/mol. The Balaban J connectivity index is 1.99. The molecule has 0 saturated heterocycles. The number of carbonyl (C=O) groups excluding carboxylic acids is 1. The van der Waals surface area contributed by atoms with Crippen LogP contribution >= 0.6 is 0 Å². The molecule has 6 heteroatoms. The van der Waals surface area contributed by atoms with Crippen molar-refractivity contribution in [1.82, 2.24) is 20.1 Å². The minimum atomic E-state index is -0.259. The largest absolute Gasteiger partial charge is 0.274 e. The van der Waals surface area contributed by atoms with Gasteiger partial charge < -0.3 is 0 Å². The summed E-state index contributed by atoms with van der Waals surface area (Å²) in [7, 11) is 2.97. The molecule has 0 saturated carbocycles. The van der Waals surface area contributed by atoms with Crippen LogP contribution in [-0.2, 0) is 16.2 Å². The number of rotatable bonds is 5. The second-order valence-electron chi connectivity index (χ2n) is 4.18. The molecule has 0 atom stereocenters. The van der Waals surface area contributed by atoms with E-state index in [0.717, 1.165) is 10.6 Å². The van der Waals surface area contributed by atoms with E-state index in [0.29, 0.717) is 12.2 Å². The van der Waals surface area contributed by atoms with Gasteiger partial charge in [0.05, 0.1) is 19.9 Å². The number of hydrogen-bond acceptors (Lipinski definition) is 4. The second kappa shape index (κ2) is 6.63. The number of hydrogen-bond donors (Lipinski definition) is 0. The van der Waals surface area contributed by atoms with E-state index < -0.39 is 0 Å². The van der Waals surface area contributed by atoms with Gasteiger partial charge in [-0.15, -0.1) is 5.10 Å². The summed E-state index contributed by atoms with van der Waals surface area (Å²) in [5.41, 5.74) is 1.77. The summed E-state index contributed by atoms with van der Waals surface area (Å²) in [5, 5.41) is 9.13. The van der Waals surface area contributed by atoms with Crippen LogP contribution in [-0.4, -0.2) is 40.1 Å². The summed E-state index contributed by atoms with van der Waals surface area (Å²) in [6, 6.07) is 9.97. The van der Waals surface area contributed by atoms with Crippen LogP contribution in [0.25, 0.3) is 6.08 Å². The van der Waals surface area contributed by atoms with Crippen molar-refractivity contribution >= 4 is 12.0 Å². The van der Waals surface area contributed by atoms with Crippen molar-refractivity contribution in [1.29, 1.82) is 0 Å². The molecule has 1 aromatic heterocycles. The van der Waals surface area contributed by atoms with E-state index in [1.165, 1.54) is 13.2 Å². The van der Waals surface area contributed by atoms with Crippen LogP contribution in [0, 0.1) is 0 Å². The number of carbonyl (C=O) groups is 1. The third kappa shape index (κ3) is 3.76. The lowest BCUT2D eigenvalue weighted by molar-refractivity contribution is -0.162. The van der Waals surface area contributed by atoms with Crippen LogP contribution in [0.4, 0.5) is 0 Å². The first kappa shape index (κ1) is 14.0. The van der Waals surface area contributed by atoms with Crippen LogP contribution in [0.2, 0.25) is 0 Å². The van der Waals surface area contributed by atoms with Crippen molar-refractivity contribution in [3.63, 3.8) is 0 Å². The molecule has 0 radical (unpaired) electrons. The van der Waals surface area contributed by atoms with Crippen molar-refractivity contribution in [3.8, 4) is 0 Å². The minimum absolute atomic E-state index is 0.259. The Morgan fingerprint density at radius 3 is 2.85 bits per heavy atom. The zero-order valence-electron chi connectivity index (χ0n) is 11.4. The maximum absolute atomic E-state index is 11.5. The second-order valence-corrected chi connectivity index (χ2v) is 4.18. The molecular formula is C14H16N4O2. The summed E-state index contributed by atoms with van der Waals surface area (Å²) < 4.78 is 1.72. The van der Waals surface area contributed by atoms with Crippen LogP contribution in [0.3, 0.4) is 0 Å². The number of aromatic nitrogens is 3. The van der Waals surface area contributed by atoms with Crippen LogP contribution in [0.15, 0.2) is 42.6 Å². The van der Waals surface area contributed by atoms with Crippen LogP contribution in [0.5, 0.6) is 0 Å². The van der Waals surface area contributed by atoms with Gasteiger partial charge in [0, 0.05) is 13.1 Å². The van der Waals surface area contributed by atoms with Gasteiger partial charge in [0.25, 0.3) is 5.91 Å². The quantitative estimate of drug-likeness (QED) is 0.609. The molecule has 20 heavy (non-hydrogen) atoms. The summed E-state index contributed by atoms with van der Waals surface area (Å²) in [6.07, 6.45) is 4.77. The Kier molecular flexibility index (Phi) is 4.62. The molecule has 0 unspecified atom stereocenters. The smallest absolute Gasteiger partial charge is 0.269 e. The number of nitrogens with zero attached hydrogens (tertiary/aromatic N) is 4. The summed E-state index contributed by atoms with van der Waals surface area (Å²) in [5.74, 6) is -0.259. The molecular weight excluding hydrogens is 256 g/mol. The highest BCUT2D eigenvalue weighted by atomic mass is 16.7. The van der Waals surface area contributed by atoms with E-state index >= 15 is 0 Å². The molecule has 0 aliphatic rings. The molecule has 2 rings (SSSR count). The van der Waals surface area contributed by atoms with E-state index in [1.54, 1.807) is 24.0 Å². The van der Waals surface area contributed by atoms with Crippen molar-refractivity contribution in [2.24, 2.45) is 0 Å². The fourth-order valence-corrected chi connectivity index (χ4v) is 1.59. The van der Waals surface area contributed by atoms with Crippen molar-refractivity contribution in [2.45, 2.75) is 6.54 Å². The van der Waals surface area contributed by atoms with Gasteiger partial charge in [-0.3, -0.25) is 9.63 Å². The molecule has 6 nitrogen and oxygen atoms in total. The maximum atomic E-state index is 11.5. The third-order valence-corrected chi connectivity index (χ3v) is 2.72. The van der Waals surface area contributed by atoms with Crippen molar-refractivity contribution < 1.29 is 9.63 Å². The van der Waals surface area contributed by atoms with Gasteiger partial charge in [-0.05, 0) is 11.6 Å². The highest BCUT2D eigenvalue weighted by molar-refractivity contribution is 5.90. The van der Waals surface area contributed by atoms with Crippen molar-refractivity contribution in [2.75, 3.05) is 14.2 Å². The fourth-order valence-electron chi connectivity index (χ4n) is 1.59. The Morgan fingerprint density at radius 2 is 2.15 bits per heavy atom. The predicted molar refractivity (Wildman–Crippen MR) is 74.4 cm³/mol. The van der Waals surface area contributed by atoms with Crippen LogP contribution < -0.4 is 0 Å². The zero-order chi connectivity index (χ0) is 14.4. The molecule has 1 heterocycles. The summed E-state index contributed by atoms with van der Waals surface area (Å²) in [4.78, 5) is 16.3. The van der Waals surface area contributed by atoms with Gasteiger partial charge in [-0.25, -0.2) is 9.75 Å². The molecule has 2 aromatic rings. The SMILES string of the molecule is CON(C)C(=O)/C=C/c1cn(Cc2ccccc2)nn1. The van der Waals surface area contributed by atoms with E-state index in [1.807, 2.05) is 30.3 Å². The summed E-state index contributed by atoms with van der Waals surface area (Å²) >= 11 is 0. The van der Waals surface area contributed by atoms with E-state index in [4.69, 9.17) is 4.84 Å². The number of hydroxylamine groups is 2. The Hall–Kier alpha value is -2.47. The molecule has 0 N–H and O–H groups in total. The molecule has 0 bridgehead atoms. The first-order valence-electron chi connectivity index (χ1n) is 6.13. The number of benzene rings is 1. The lowest BCUT2D eigenvalue weighted by Crippen LogP contribution is -2.22. The molecule has 0 aliphatic heterocycles. The van der Waals surface area contributed by atoms with E-state index in [2.05, 4.69) is 10.3 Å². The minimum Gasteiger partial charge on any atom is -0.274 e. The fraction of sp³-hybridized carbons (Fsp3) is 0.214. The van der Waals surface area contributed by atoms with Gasteiger partial charge >= 0.3 is 0 Å². The lowest BCUT2D eigenvalue weighted by Gasteiger charge is -2.09. The maximum Gasteiger partial charge on any atom is 0.269 e. The van der Waals surface area contributed by atoms with Crippen LogP contribution in [0.1, 0.15) is 11.3 Å². The molecule has 0 aliphatic carbocycles. The molecule has 0 spiro atoms. The molecule has 0 fully saturated rings. The van der Waals surface area contributed by atoms with Gasteiger partial charge in [-0.1, -0.05) is 35.5 Å². The summed E-state index contributed by atoms with van der Waals surface area (Å²) in [6.45, 7) is 0.646. The Bertz CT molecular complexity index is 592. The van der Waals surface area contributed by atoms with Gasteiger partial charge in [0.2, 0.25) is 0 Å². The lowest BCUT2D eigenvalue weighted by atomic mass is 10.2. The van der Waals surface area contributed by atoms with Gasteiger partial charge in [0.1, 0.15) is 5.69 Å². The molecule has 104 valence electrons. The average molecular weight is 272 g/mol. The van der Waals surface area contributed by atoms with E-state index in [9.17, 15) is 4.79 Å². The average Bonchev–Trinajstić information content (AvgIpc) is 2.92. The predicted octanol–water partition coefficient (Wildman–Crippen LogP) is 1.36. The Labute approximate surface area is 117 Å². The molecule has 1 aromatic carbocycles. The van der Waals surface area contributed by atoms with Gasteiger partial charge in [0.15, 0.2) is 0 Å². The highest BCUT2D eigenvalue weighted by Crippen LogP contribution is 2.03. The topological polar surface area (TPSA) is 60.2 Å². The molecule has 1 amide bonds. The van der Waals surface area contributed by atoms with E-state index in [-0.39, 0.29) is 5.91 Å². The standard InChI is InChI=1S/C14H16N4O2/c1-17(20-2)14(19)9-8-13-11-18(16-15-13)10-12-6-4-3-5-7-12/h3-9,11H,10H2,1-2H3/b9-8+. The number of likely N-dealkylation sites (N-methyl/N-ethyl adjacent to an activating group) is 1. The first-order chi connectivity index (χ1) is 9.69. The Morgan fingerprint density at radius 1 is 1.40 bits per heavy atom. The van der Waals surface area contributed by atoms with Crippen molar-refractivity contribution in [3.05, 3.63) is 53.9 Å². The highest BCUT2D eigenvalue weighted by Gasteiger charge is 2.03. The zero-order valence-corrected chi connectivity index (χ0v) is 11.4. The van der Waals surface area contributed by atoms with Gasteiger partial charge in [-0.2, -0.15) is 0 Å².